The molecule has 1 aliphatic heterocycles. The third-order valence-electron chi connectivity index (χ3n) is 4.60. The van der Waals surface area contributed by atoms with Crippen LogP contribution in [0.4, 0.5) is 4.39 Å². The van der Waals surface area contributed by atoms with E-state index < -0.39 is 21.7 Å². The summed E-state index contributed by atoms with van der Waals surface area (Å²) in [5.41, 5.74) is 0.789. The topological polar surface area (TPSA) is 101 Å². The Labute approximate surface area is 160 Å². The summed E-state index contributed by atoms with van der Waals surface area (Å²) in [6.07, 6.45) is 1.58. The summed E-state index contributed by atoms with van der Waals surface area (Å²) in [7, 11) is -3.96. The standard InChI is InChI=1S/C17H17FN6O3S/c1-12-6-7-19-17-20-15(21-24(12)17)16(25)22-8-10-23(11-9-22)28(26,27)14-5-3-2-4-13(14)18/h2-7H,8-11H2,1H3. The van der Waals surface area contributed by atoms with Crippen molar-refractivity contribution >= 4 is 21.7 Å². The van der Waals surface area contributed by atoms with E-state index in [1.54, 1.807) is 12.3 Å². The monoisotopic (exact) mass is 404 g/mol. The zero-order chi connectivity index (χ0) is 19.9. The predicted molar refractivity (Wildman–Crippen MR) is 96.6 cm³/mol. The molecular formula is C17H17FN6O3S. The van der Waals surface area contributed by atoms with Crippen LogP contribution in [0.25, 0.3) is 5.78 Å². The Morgan fingerprint density at radius 1 is 1.11 bits per heavy atom. The predicted octanol–water partition coefficient (Wildman–Crippen LogP) is 0.719. The molecule has 146 valence electrons. The van der Waals surface area contributed by atoms with Gasteiger partial charge < -0.3 is 4.90 Å². The lowest BCUT2D eigenvalue weighted by Gasteiger charge is -2.33. The van der Waals surface area contributed by atoms with Crippen LogP contribution in [-0.4, -0.2) is 69.3 Å². The first-order valence-corrected chi connectivity index (χ1v) is 10.0. The quantitative estimate of drug-likeness (QED) is 0.638. The zero-order valence-electron chi connectivity index (χ0n) is 15.0. The van der Waals surface area contributed by atoms with Gasteiger partial charge in [-0.3, -0.25) is 4.79 Å². The number of hydrogen-bond donors (Lipinski definition) is 0. The highest BCUT2D eigenvalue weighted by Crippen LogP contribution is 2.20. The maximum atomic E-state index is 13.9. The SMILES string of the molecule is Cc1ccnc2nc(C(=O)N3CCN(S(=O)(=O)c4ccccc4F)CC3)nn12. The summed E-state index contributed by atoms with van der Waals surface area (Å²) in [6, 6.07) is 7.00. The number of aryl methyl sites for hydroxylation is 1. The first-order valence-electron chi connectivity index (χ1n) is 8.60. The molecule has 0 unspecified atom stereocenters. The highest BCUT2D eigenvalue weighted by atomic mass is 32.2. The third-order valence-corrected chi connectivity index (χ3v) is 6.53. The lowest BCUT2D eigenvalue weighted by molar-refractivity contribution is 0.0685. The van der Waals surface area contributed by atoms with Gasteiger partial charge in [0.25, 0.3) is 11.7 Å². The van der Waals surface area contributed by atoms with Gasteiger partial charge in [-0.05, 0) is 25.1 Å². The molecule has 3 aromatic rings. The number of fused-ring (bicyclic) bond motifs is 1. The highest BCUT2D eigenvalue weighted by molar-refractivity contribution is 7.89. The van der Waals surface area contributed by atoms with Crippen molar-refractivity contribution in [3.63, 3.8) is 0 Å². The number of benzene rings is 1. The van der Waals surface area contributed by atoms with Crippen LogP contribution in [0, 0.1) is 12.7 Å². The van der Waals surface area contributed by atoms with Crippen LogP contribution in [0.1, 0.15) is 16.3 Å². The van der Waals surface area contributed by atoms with Crippen molar-refractivity contribution in [1.82, 2.24) is 28.8 Å². The maximum Gasteiger partial charge on any atom is 0.293 e. The van der Waals surface area contributed by atoms with E-state index in [0.717, 1.165) is 11.8 Å². The van der Waals surface area contributed by atoms with Gasteiger partial charge in [0.1, 0.15) is 10.7 Å². The van der Waals surface area contributed by atoms with E-state index in [-0.39, 0.29) is 36.9 Å². The molecule has 9 nitrogen and oxygen atoms in total. The molecule has 1 fully saturated rings. The molecule has 0 spiro atoms. The summed E-state index contributed by atoms with van der Waals surface area (Å²) in [6.45, 7) is 2.27. The molecule has 1 aliphatic rings. The van der Waals surface area contributed by atoms with Crippen LogP contribution in [0.2, 0.25) is 0 Å². The molecule has 4 rings (SSSR count). The Kier molecular flexibility index (Phi) is 4.55. The van der Waals surface area contributed by atoms with Gasteiger partial charge in [-0.25, -0.2) is 22.3 Å². The molecule has 3 heterocycles. The highest BCUT2D eigenvalue weighted by Gasteiger charge is 2.33. The van der Waals surface area contributed by atoms with Gasteiger partial charge in [0.15, 0.2) is 0 Å². The molecule has 1 aromatic carbocycles. The Morgan fingerprint density at radius 3 is 2.50 bits per heavy atom. The van der Waals surface area contributed by atoms with Crippen LogP contribution >= 0.6 is 0 Å². The van der Waals surface area contributed by atoms with Gasteiger partial charge >= 0.3 is 0 Å². The van der Waals surface area contributed by atoms with Gasteiger partial charge in [0.2, 0.25) is 15.8 Å². The van der Waals surface area contributed by atoms with E-state index in [4.69, 9.17) is 0 Å². The van der Waals surface area contributed by atoms with Crippen molar-refractivity contribution in [2.24, 2.45) is 0 Å². The van der Waals surface area contributed by atoms with Crippen molar-refractivity contribution in [2.45, 2.75) is 11.8 Å². The molecule has 0 saturated carbocycles. The van der Waals surface area contributed by atoms with Gasteiger partial charge in [0.05, 0.1) is 0 Å². The lowest BCUT2D eigenvalue weighted by atomic mass is 10.3. The second-order valence-corrected chi connectivity index (χ2v) is 8.27. The largest absolute Gasteiger partial charge is 0.333 e. The zero-order valence-corrected chi connectivity index (χ0v) is 15.8. The fraction of sp³-hybridized carbons (Fsp3) is 0.294. The molecule has 28 heavy (non-hydrogen) atoms. The van der Waals surface area contributed by atoms with E-state index >= 15 is 0 Å². The molecule has 2 aromatic heterocycles. The first-order chi connectivity index (χ1) is 13.4. The summed E-state index contributed by atoms with van der Waals surface area (Å²) in [4.78, 5) is 22.0. The molecule has 1 saturated heterocycles. The number of halogens is 1. The second kappa shape index (κ2) is 6.91. The number of carbonyl (C=O) groups is 1. The van der Waals surface area contributed by atoms with Gasteiger partial charge in [0, 0.05) is 38.1 Å². The van der Waals surface area contributed by atoms with Crippen molar-refractivity contribution in [1.29, 1.82) is 0 Å². The van der Waals surface area contributed by atoms with Crippen molar-refractivity contribution in [3.05, 3.63) is 53.9 Å². The fourth-order valence-corrected chi connectivity index (χ4v) is 4.55. The van der Waals surface area contributed by atoms with Crippen LogP contribution in [0.15, 0.2) is 41.4 Å². The Balaban J connectivity index is 1.50. The van der Waals surface area contributed by atoms with Crippen LogP contribution < -0.4 is 0 Å². The second-order valence-electron chi connectivity index (χ2n) is 6.36. The minimum atomic E-state index is -3.96. The summed E-state index contributed by atoms with van der Waals surface area (Å²) in [5, 5.41) is 4.18. The number of aromatic nitrogens is 4. The number of amides is 1. The fourth-order valence-electron chi connectivity index (χ4n) is 3.06. The molecule has 0 bridgehead atoms. The van der Waals surface area contributed by atoms with E-state index in [1.807, 2.05) is 6.92 Å². The molecule has 0 radical (unpaired) electrons. The normalized spacial score (nSPS) is 15.9. The molecule has 0 atom stereocenters. The number of rotatable bonds is 3. The lowest BCUT2D eigenvalue weighted by Crippen LogP contribution is -2.50. The molecule has 1 amide bonds. The van der Waals surface area contributed by atoms with Crippen LogP contribution in [0.3, 0.4) is 0 Å². The maximum absolute atomic E-state index is 13.9. The molecule has 0 N–H and O–H groups in total. The number of nitrogens with zero attached hydrogens (tertiary/aromatic N) is 6. The molecular weight excluding hydrogens is 387 g/mol. The van der Waals surface area contributed by atoms with E-state index in [2.05, 4.69) is 15.1 Å². The average molecular weight is 404 g/mol. The van der Waals surface area contributed by atoms with Crippen LogP contribution in [-0.2, 0) is 10.0 Å². The minimum absolute atomic E-state index is 0.00668. The van der Waals surface area contributed by atoms with E-state index in [0.29, 0.717) is 5.78 Å². The summed E-state index contributed by atoms with van der Waals surface area (Å²) in [5.74, 6) is -0.859. The summed E-state index contributed by atoms with van der Waals surface area (Å²) < 4.78 is 41.9. The first kappa shape index (κ1) is 18.4. The molecule has 0 aliphatic carbocycles. The van der Waals surface area contributed by atoms with E-state index in [9.17, 15) is 17.6 Å². The smallest absolute Gasteiger partial charge is 0.293 e. The Morgan fingerprint density at radius 2 is 1.82 bits per heavy atom. The molecule has 11 heteroatoms. The van der Waals surface area contributed by atoms with Gasteiger partial charge in [-0.15, -0.1) is 5.10 Å². The number of piperazine rings is 1. The Bertz CT molecular complexity index is 1150. The van der Waals surface area contributed by atoms with Crippen molar-refractivity contribution in [2.75, 3.05) is 26.2 Å². The average Bonchev–Trinajstić information content (AvgIpc) is 3.13. The minimum Gasteiger partial charge on any atom is -0.333 e. The van der Waals surface area contributed by atoms with Crippen molar-refractivity contribution < 1.29 is 17.6 Å². The van der Waals surface area contributed by atoms with Crippen LogP contribution in [0.5, 0.6) is 0 Å². The number of sulfonamides is 1. The number of carbonyl (C=O) groups excluding carboxylic acids is 1. The number of hydrogen-bond acceptors (Lipinski definition) is 6. The third kappa shape index (κ3) is 3.12. The summed E-state index contributed by atoms with van der Waals surface area (Å²) >= 11 is 0. The van der Waals surface area contributed by atoms with E-state index in [1.165, 1.54) is 31.9 Å². The van der Waals surface area contributed by atoms with Gasteiger partial charge in [-0.1, -0.05) is 12.1 Å². The van der Waals surface area contributed by atoms with Gasteiger partial charge in [-0.2, -0.15) is 9.29 Å². The van der Waals surface area contributed by atoms with Crippen molar-refractivity contribution in [3.8, 4) is 0 Å². The Hall–Kier alpha value is -2.92.